The van der Waals surface area contributed by atoms with E-state index in [1.165, 1.54) is 6.07 Å². The van der Waals surface area contributed by atoms with E-state index in [1.54, 1.807) is 25.3 Å². The van der Waals surface area contributed by atoms with Gasteiger partial charge in [0, 0.05) is 13.7 Å². The molecular weight excluding hydrogens is 314 g/mol. The Bertz CT molecular complexity index is 658. The first kappa shape index (κ1) is 15.8. The van der Waals surface area contributed by atoms with E-state index in [0.717, 1.165) is 11.8 Å². The summed E-state index contributed by atoms with van der Waals surface area (Å²) < 4.78 is 32.4. The van der Waals surface area contributed by atoms with Gasteiger partial charge < -0.3 is 15.4 Å². The van der Waals surface area contributed by atoms with E-state index in [4.69, 9.17) is 4.74 Å². The quantitative estimate of drug-likeness (QED) is 0.770. The van der Waals surface area contributed by atoms with Crippen LogP contribution >= 0.6 is 11.8 Å². The van der Waals surface area contributed by atoms with E-state index in [0.29, 0.717) is 18.8 Å². The standard InChI is InChI=1S/C12H15N3O4S2/c1-19-7-6-13-11(16)8-20-12-14-9-4-2-3-5-10(9)21(17,18)15-12/h2-5H,6-8H2,1H3,(H,13,16)(H,14,15). The maximum absolute atomic E-state index is 12.0. The Labute approximate surface area is 127 Å². The number of carbonyl (C=O) groups excluding carboxylic acids is 1. The largest absolute Gasteiger partial charge is 0.383 e. The Hall–Kier alpha value is -1.58. The number of hydrogen-bond donors (Lipinski definition) is 2. The van der Waals surface area contributed by atoms with Crippen molar-refractivity contribution in [3.63, 3.8) is 0 Å². The molecule has 0 radical (unpaired) electrons. The van der Waals surface area contributed by atoms with E-state index < -0.39 is 10.0 Å². The van der Waals surface area contributed by atoms with Crippen molar-refractivity contribution in [1.29, 1.82) is 0 Å². The number of ether oxygens (including phenoxy) is 1. The Morgan fingerprint density at radius 3 is 2.95 bits per heavy atom. The molecule has 2 N–H and O–H groups in total. The lowest BCUT2D eigenvalue weighted by Gasteiger charge is -2.17. The molecule has 0 fully saturated rings. The lowest BCUT2D eigenvalue weighted by molar-refractivity contribution is -0.118. The van der Waals surface area contributed by atoms with Crippen LogP contribution in [0.5, 0.6) is 0 Å². The van der Waals surface area contributed by atoms with Gasteiger partial charge in [-0.2, -0.15) is 8.42 Å². The number of para-hydroxylation sites is 1. The minimum atomic E-state index is -3.71. The smallest absolute Gasteiger partial charge is 0.286 e. The topological polar surface area (TPSA) is 96.9 Å². The van der Waals surface area contributed by atoms with Crippen molar-refractivity contribution in [3.8, 4) is 0 Å². The van der Waals surface area contributed by atoms with E-state index in [-0.39, 0.29) is 21.7 Å². The third-order valence-corrected chi connectivity index (χ3v) is 4.90. The van der Waals surface area contributed by atoms with Gasteiger partial charge in [0.1, 0.15) is 4.90 Å². The fraction of sp³-hybridized carbons (Fsp3) is 0.333. The summed E-state index contributed by atoms with van der Waals surface area (Å²) in [6.07, 6.45) is 0. The monoisotopic (exact) mass is 329 g/mol. The minimum absolute atomic E-state index is 0.0766. The zero-order chi connectivity index (χ0) is 15.3. The summed E-state index contributed by atoms with van der Waals surface area (Å²) in [4.78, 5) is 11.7. The molecule has 0 aromatic heterocycles. The van der Waals surface area contributed by atoms with Crippen LogP contribution in [-0.4, -0.2) is 45.5 Å². The van der Waals surface area contributed by atoms with E-state index in [2.05, 4.69) is 15.0 Å². The van der Waals surface area contributed by atoms with Crippen LogP contribution in [0.2, 0.25) is 0 Å². The maximum atomic E-state index is 12.0. The minimum Gasteiger partial charge on any atom is -0.383 e. The third kappa shape index (κ3) is 4.19. The molecule has 9 heteroatoms. The second-order valence-electron chi connectivity index (χ2n) is 4.12. The Balaban J connectivity index is 1.97. The van der Waals surface area contributed by atoms with Crippen molar-refractivity contribution < 1.29 is 17.9 Å². The summed E-state index contributed by atoms with van der Waals surface area (Å²) in [6, 6.07) is 6.50. The van der Waals surface area contributed by atoms with Crippen LogP contribution in [0, 0.1) is 0 Å². The average Bonchev–Trinajstić information content (AvgIpc) is 2.45. The number of amides is 1. The van der Waals surface area contributed by atoms with Gasteiger partial charge in [0.2, 0.25) is 5.91 Å². The second kappa shape index (κ2) is 6.92. The fourth-order valence-electron chi connectivity index (χ4n) is 1.63. The Morgan fingerprint density at radius 2 is 2.19 bits per heavy atom. The van der Waals surface area contributed by atoms with Crippen molar-refractivity contribution in [2.24, 2.45) is 4.40 Å². The molecule has 1 heterocycles. The number of thioether (sulfide) groups is 1. The molecule has 0 atom stereocenters. The molecule has 0 bridgehead atoms. The molecule has 1 amide bonds. The number of nitrogens with zero attached hydrogens (tertiary/aromatic N) is 1. The first-order chi connectivity index (χ1) is 10.0. The van der Waals surface area contributed by atoms with Gasteiger partial charge in [-0.3, -0.25) is 4.79 Å². The van der Waals surface area contributed by atoms with Crippen LogP contribution in [0.25, 0.3) is 0 Å². The van der Waals surface area contributed by atoms with Crippen molar-refractivity contribution in [2.45, 2.75) is 4.90 Å². The number of fused-ring (bicyclic) bond motifs is 1. The van der Waals surface area contributed by atoms with Gasteiger partial charge in [-0.25, -0.2) is 0 Å². The molecule has 1 aliphatic rings. The average molecular weight is 329 g/mol. The van der Waals surface area contributed by atoms with Gasteiger partial charge in [-0.1, -0.05) is 23.9 Å². The van der Waals surface area contributed by atoms with Gasteiger partial charge >= 0.3 is 0 Å². The summed E-state index contributed by atoms with van der Waals surface area (Å²) >= 11 is 1.04. The lowest BCUT2D eigenvalue weighted by Crippen LogP contribution is -2.29. The third-order valence-electron chi connectivity index (χ3n) is 2.58. The normalized spacial score (nSPS) is 15.6. The summed E-state index contributed by atoms with van der Waals surface area (Å²) in [7, 11) is -2.16. The Kier molecular flexibility index (Phi) is 5.21. The molecule has 0 unspecified atom stereocenters. The predicted molar refractivity (Wildman–Crippen MR) is 82.0 cm³/mol. The predicted octanol–water partition coefficient (Wildman–Crippen LogP) is 0.653. The zero-order valence-corrected chi connectivity index (χ0v) is 13.0. The molecule has 0 saturated carbocycles. The number of anilines is 1. The highest BCUT2D eigenvalue weighted by Gasteiger charge is 2.24. The van der Waals surface area contributed by atoms with Crippen LogP contribution in [0.3, 0.4) is 0 Å². The van der Waals surface area contributed by atoms with Crippen LogP contribution in [0.1, 0.15) is 0 Å². The van der Waals surface area contributed by atoms with Crippen molar-refractivity contribution in [2.75, 3.05) is 31.3 Å². The highest BCUT2D eigenvalue weighted by atomic mass is 32.2. The summed E-state index contributed by atoms with van der Waals surface area (Å²) in [5, 5.41) is 5.74. The molecule has 114 valence electrons. The van der Waals surface area contributed by atoms with Gasteiger partial charge in [-0.05, 0) is 12.1 Å². The van der Waals surface area contributed by atoms with E-state index >= 15 is 0 Å². The SMILES string of the molecule is COCCNC(=O)CSC1=NS(=O)(=O)c2ccccc2N1. The van der Waals surface area contributed by atoms with Crippen LogP contribution in [0.4, 0.5) is 5.69 Å². The summed E-state index contributed by atoms with van der Waals surface area (Å²) in [5.41, 5.74) is 0.467. The lowest BCUT2D eigenvalue weighted by atomic mass is 10.3. The summed E-state index contributed by atoms with van der Waals surface area (Å²) in [6.45, 7) is 0.842. The maximum Gasteiger partial charge on any atom is 0.286 e. The number of benzene rings is 1. The molecule has 21 heavy (non-hydrogen) atoms. The molecule has 0 saturated heterocycles. The van der Waals surface area contributed by atoms with Gasteiger partial charge in [-0.15, -0.1) is 4.40 Å². The van der Waals surface area contributed by atoms with E-state index in [1.807, 2.05) is 0 Å². The number of methoxy groups -OCH3 is 1. The fourth-order valence-corrected chi connectivity index (χ4v) is 3.70. The first-order valence-corrected chi connectivity index (χ1v) is 8.55. The van der Waals surface area contributed by atoms with Gasteiger partial charge in [0.15, 0.2) is 5.17 Å². The van der Waals surface area contributed by atoms with Crippen molar-refractivity contribution >= 4 is 38.5 Å². The molecule has 7 nitrogen and oxygen atoms in total. The molecule has 0 spiro atoms. The van der Waals surface area contributed by atoms with Crippen LogP contribution in [-0.2, 0) is 19.6 Å². The highest BCUT2D eigenvalue weighted by Crippen LogP contribution is 2.28. The molecule has 2 rings (SSSR count). The number of sulfonamides is 1. The Morgan fingerprint density at radius 1 is 1.43 bits per heavy atom. The number of carbonyl (C=O) groups is 1. The number of rotatable bonds is 5. The molecular formula is C12H15N3O4S2. The van der Waals surface area contributed by atoms with Crippen LogP contribution < -0.4 is 10.6 Å². The highest BCUT2D eigenvalue weighted by molar-refractivity contribution is 8.15. The number of amidine groups is 1. The van der Waals surface area contributed by atoms with Gasteiger partial charge in [0.25, 0.3) is 10.0 Å². The number of hydrogen-bond acceptors (Lipinski definition) is 6. The second-order valence-corrected chi connectivity index (χ2v) is 6.66. The molecule has 1 aromatic carbocycles. The number of nitrogens with one attached hydrogen (secondary N) is 2. The van der Waals surface area contributed by atoms with Crippen LogP contribution in [0.15, 0.2) is 33.6 Å². The zero-order valence-electron chi connectivity index (χ0n) is 11.3. The molecule has 1 aliphatic heterocycles. The molecule has 0 aliphatic carbocycles. The van der Waals surface area contributed by atoms with Gasteiger partial charge in [0.05, 0.1) is 18.0 Å². The van der Waals surface area contributed by atoms with E-state index in [9.17, 15) is 13.2 Å². The van der Waals surface area contributed by atoms with Crippen molar-refractivity contribution in [1.82, 2.24) is 5.32 Å². The first-order valence-electron chi connectivity index (χ1n) is 6.12. The molecule has 1 aromatic rings. The summed E-state index contributed by atoms with van der Waals surface area (Å²) in [5.74, 6) is -0.134. The van der Waals surface area contributed by atoms with Crippen molar-refractivity contribution in [3.05, 3.63) is 24.3 Å².